The molecule has 0 bridgehead atoms. The van der Waals surface area contributed by atoms with Gasteiger partial charge in [0, 0.05) is 10.9 Å². The van der Waals surface area contributed by atoms with E-state index in [2.05, 4.69) is 39.0 Å². The van der Waals surface area contributed by atoms with Gasteiger partial charge in [0.05, 0.1) is 5.69 Å². The van der Waals surface area contributed by atoms with E-state index < -0.39 is 0 Å². The summed E-state index contributed by atoms with van der Waals surface area (Å²) in [4.78, 5) is 4.49. The predicted octanol–water partition coefficient (Wildman–Crippen LogP) is 2.75. The van der Waals surface area contributed by atoms with Crippen molar-refractivity contribution in [2.24, 2.45) is 0 Å². The molecule has 0 aliphatic carbocycles. The molecule has 6 heteroatoms. The molecule has 0 spiro atoms. The van der Waals surface area contributed by atoms with Gasteiger partial charge in [-0.3, -0.25) is 0 Å². The van der Waals surface area contributed by atoms with E-state index in [1.807, 2.05) is 17.5 Å². The number of benzene rings is 1. The SMILES string of the molecule is Cc1ccc(-c2csc(-c3nonc3N)n2)cc1. The third-order valence-corrected chi connectivity index (χ3v) is 3.42. The number of nitrogen functional groups attached to an aromatic ring is 1. The van der Waals surface area contributed by atoms with E-state index in [0.29, 0.717) is 10.7 Å². The maximum absolute atomic E-state index is 5.64. The molecule has 0 saturated carbocycles. The Labute approximate surface area is 107 Å². The Balaban J connectivity index is 1.99. The fraction of sp³-hybridized carbons (Fsp3) is 0.0833. The average molecular weight is 258 g/mol. The topological polar surface area (TPSA) is 77.8 Å². The number of nitrogens with two attached hydrogens (primary N) is 1. The molecule has 0 fully saturated rings. The highest BCUT2D eigenvalue weighted by molar-refractivity contribution is 7.13. The molecule has 0 saturated heterocycles. The third kappa shape index (κ3) is 1.86. The summed E-state index contributed by atoms with van der Waals surface area (Å²) in [6, 6.07) is 8.19. The van der Waals surface area contributed by atoms with E-state index in [0.717, 1.165) is 11.3 Å². The highest BCUT2D eigenvalue weighted by atomic mass is 32.1. The minimum atomic E-state index is 0.264. The van der Waals surface area contributed by atoms with Gasteiger partial charge in [-0.25, -0.2) is 9.61 Å². The number of thiazole rings is 1. The van der Waals surface area contributed by atoms with Crippen LogP contribution in [0.2, 0.25) is 0 Å². The molecule has 18 heavy (non-hydrogen) atoms. The van der Waals surface area contributed by atoms with E-state index in [9.17, 15) is 0 Å². The molecule has 0 aliphatic rings. The highest BCUT2D eigenvalue weighted by Crippen LogP contribution is 2.30. The summed E-state index contributed by atoms with van der Waals surface area (Å²) >= 11 is 1.47. The summed E-state index contributed by atoms with van der Waals surface area (Å²) in [5, 5.41) is 9.97. The standard InChI is InChI=1S/C12H10N4OS/c1-7-2-4-8(5-3-7)9-6-18-12(14-9)10-11(13)16-17-15-10/h2-6H,1H3,(H2,13,16). The summed E-state index contributed by atoms with van der Waals surface area (Å²) in [7, 11) is 0. The molecule has 5 nitrogen and oxygen atoms in total. The molecule has 90 valence electrons. The van der Waals surface area contributed by atoms with E-state index in [-0.39, 0.29) is 5.82 Å². The van der Waals surface area contributed by atoms with Crippen molar-refractivity contribution in [1.82, 2.24) is 15.3 Å². The van der Waals surface area contributed by atoms with Crippen molar-refractivity contribution in [3.63, 3.8) is 0 Å². The zero-order valence-corrected chi connectivity index (χ0v) is 10.4. The lowest BCUT2D eigenvalue weighted by Gasteiger charge is -1.96. The molecule has 0 aliphatic heterocycles. The first-order valence-corrected chi connectivity index (χ1v) is 6.23. The maximum atomic E-state index is 5.64. The van der Waals surface area contributed by atoms with Crippen LogP contribution in [0.5, 0.6) is 0 Å². The van der Waals surface area contributed by atoms with Crippen LogP contribution in [0.3, 0.4) is 0 Å². The van der Waals surface area contributed by atoms with Gasteiger partial charge in [-0.1, -0.05) is 29.8 Å². The van der Waals surface area contributed by atoms with Gasteiger partial charge in [-0.2, -0.15) is 0 Å². The molecule has 0 amide bonds. The van der Waals surface area contributed by atoms with Gasteiger partial charge in [0.1, 0.15) is 5.01 Å². The summed E-state index contributed by atoms with van der Waals surface area (Å²) < 4.78 is 4.57. The zero-order chi connectivity index (χ0) is 12.5. The van der Waals surface area contributed by atoms with Crippen molar-refractivity contribution in [3.8, 4) is 22.0 Å². The second kappa shape index (κ2) is 4.23. The van der Waals surface area contributed by atoms with E-state index in [1.165, 1.54) is 16.9 Å². The molecule has 0 atom stereocenters. The monoisotopic (exact) mass is 258 g/mol. The van der Waals surface area contributed by atoms with Gasteiger partial charge in [0.25, 0.3) is 0 Å². The number of aromatic nitrogens is 3. The van der Waals surface area contributed by atoms with Gasteiger partial charge in [-0.15, -0.1) is 11.3 Å². The van der Waals surface area contributed by atoms with Crippen molar-refractivity contribution in [3.05, 3.63) is 35.2 Å². The molecule has 3 rings (SSSR count). The van der Waals surface area contributed by atoms with Crippen LogP contribution in [-0.2, 0) is 0 Å². The molecular formula is C12H10N4OS. The van der Waals surface area contributed by atoms with Crippen LogP contribution in [0.4, 0.5) is 5.82 Å². The highest BCUT2D eigenvalue weighted by Gasteiger charge is 2.14. The van der Waals surface area contributed by atoms with E-state index in [4.69, 9.17) is 5.73 Å². The Morgan fingerprint density at radius 1 is 1.17 bits per heavy atom. The Morgan fingerprint density at radius 3 is 2.61 bits per heavy atom. The first kappa shape index (κ1) is 10.9. The third-order valence-electron chi connectivity index (χ3n) is 2.57. The van der Waals surface area contributed by atoms with Crippen LogP contribution in [0.15, 0.2) is 34.3 Å². The number of anilines is 1. The second-order valence-corrected chi connectivity index (χ2v) is 4.76. The summed E-state index contributed by atoms with van der Waals surface area (Å²) in [6.45, 7) is 2.05. The van der Waals surface area contributed by atoms with Crippen LogP contribution in [0.25, 0.3) is 22.0 Å². The zero-order valence-electron chi connectivity index (χ0n) is 9.62. The fourth-order valence-electron chi connectivity index (χ4n) is 1.58. The molecule has 1 aromatic carbocycles. The largest absolute Gasteiger partial charge is 0.379 e. The number of nitrogens with zero attached hydrogens (tertiary/aromatic N) is 3. The van der Waals surface area contributed by atoms with Gasteiger partial charge in [0.2, 0.25) is 0 Å². The Hall–Kier alpha value is -2.21. The van der Waals surface area contributed by atoms with Crippen molar-refractivity contribution < 1.29 is 4.63 Å². The van der Waals surface area contributed by atoms with Crippen molar-refractivity contribution in [2.45, 2.75) is 6.92 Å². The van der Waals surface area contributed by atoms with Gasteiger partial charge < -0.3 is 5.73 Å². The summed E-state index contributed by atoms with van der Waals surface area (Å²) in [6.07, 6.45) is 0. The molecule has 3 aromatic rings. The van der Waals surface area contributed by atoms with Crippen LogP contribution in [0.1, 0.15) is 5.56 Å². The quantitative estimate of drug-likeness (QED) is 0.764. The van der Waals surface area contributed by atoms with Crippen molar-refractivity contribution in [1.29, 1.82) is 0 Å². The first-order chi connectivity index (χ1) is 8.74. The van der Waals surface area contributed by atoms with Gasteiger partial charge in [-0.05, 0) is 17.2 Å². The Morgan fingerprint density at radius 2 is 1.94 bits per heavy atom. The number of aryl methyl sites for hydroxylation is 1. The summed E-state index contributed by atoms with van der Waals surface area (Å²) in [5.41, 5.74) is 9.33. The maximum Gasteiger partial charge on any atom is 0.198 e. The molecule has 0 radical (unpaired) electrons. The molecule has 0 unspecified atom stereocenters. The fourth-order valence-corrected chi connectivity index (χ4v) is 2.40. The smallest absolute Gasteiger partial charge is 0.198 e. The molecule has 2 N–H and O–H groups in total. The average Bonchev–Trinajstić information content (AvgIpc) is 2.98. The van der Waals surface area contributed by atoms with E-state index >= 15 is 0 Å². The van der Waals surface area contributed by atoms with E-state index in [1.54, 1.807) is 0 Å². The Kier molecular flexibility index (Phi) is 2.56. The predicted molar refractivity (Wildman–Crippen MR) is 70.0 cm³/mol. The number of hydrogen-bond acceptors (Lipinski definition) is 6. The minimum absolute atomic E-state index is 0.264. The summed E-state index contributed by atoms with van der Waals surface area (Å²) in [5.74, 6) is 0.264. The van der Waals surface area contributed by atoms with Crippen LogP contribution in [-0.4, -0.2) is 15.3 Å². The lowest BCUT2D eigenvalue weighted by Crippen LogP contribution is -1.88. The van der Waals surface area contributed by atoms with Gasteiger partial charge >= 0.3 is 0 Å². The normalized spacial score (nSPS) is 10.7. The Bertz CT molecular complexity index is 671. The number of rotatable bonds is 2. The van der Waals surface area contributed by atoms with Gasteiger partial charge in [0.15, 0.2) is 11.5 Å². The lowest BCUT2D eigenvalue weighted by molar-refractivity contribution is 0.310. The lowest BCUT2D eigenvalue weighted by atomic mass is 10.1. The minimum Gasteiger partial charge on any atom is -0.379 e. The van der Waals surface area contributed by atoms with Crippen LogP contribution in [0, 0.1) is 6.92 Å². The second-order valence-electron chi connectivity index (χ2n) is 3.90. The first-order valence-electron chi connectivity index (χ1n) is 5.35. The molecular weight excluding hydrogens is 248 g/mol. The molecule has 2 heterocycles. The number of hydrogen-bond donors (Lipinski definition) is 1. The van der Waals surface area contributed by atoms with Crippen LogP contribution >= 0.6 is 11.3 Å². The van der Waals surface area contributed by atoms with Crippen LogP contribution < -0.4 is 5.73 Å². The molecule has 2 aromatic heterocycles. The van der Waals surface area contributed by atoms with Crippen molar-refractivity contribution in [2.75, 3.05) is 5.73 Å². The van der Waals surface area contributed by atoms with Crippen molar-refractivity contribution >= 4 is 17.2 Å².